The first-order chi connectivity index (χ1) is 18.6. The number of carbonyl (C=O) groups is 1. The number of likely N-dealkylation sites (N-methyl/N-ethyl adjacent to an activating group) is 1. The van der Waals surface area contributed by atoms with Crippen LogP contribution in [0.5, 0.6) is 0 Å². The summed E-state index contributed by atoms with van der Waals surface area (Å²) in [4.78, 5) is 22.9. The lowest BCUT2D eigenvalue weighted by Gasteiger charge is -2.39. The Morgan fingerprint density at radius 3 is 2.54 bits per heavy atom. The van der Waals surface area contributed by atoms with E-state index in [-0.39, 0.29) is 27.5 Å². The SMILES string of the molecule is C/N=c1\sc(CN(C)CCOC)c([N+]2(C(=O)CCS(=O)(=O)c3ccc4cc(Cl)ccc4c3)CCCCC2)n1C. The molecule has 1 saturated heterocycles. The average Bonchev–Trinajstić information content (AvgIpc) is 3.25. The molecule has 4 rings (SSSR count). The Balaban J connectivity index is 1.64. The number of aromatic nitrogens is 1. The minimum Gasteiger partial charge on any atom is -0.383 e. The number of hydrogen-bond acceptors (Lipinski definition) is 7. The largest absolute Gasteiger partial charge is 0.383 e. The Hall–Kier alpha value is -2.08. The highest BCUT2D eigenvalue weighted by Gasteiger charge is 2.45. The maximum absolute atomic E-state index is 14.1. The molecule has 0 aliphatic carbocycles. The molecule has 2 heterocycles. The number of piperidine rings is 1. The monoisotopic (exact) mass is 593 g/mol. The molecule has 11 heteroatoms. The number of thiazole rings is 1. The van der Waals surface area contributed by atoms with Gasteiger partial charge in [0, 0.05) is 39.3 Å². The molecular formula is C28H38ClN4O4S2+. The van der Waals surface area contributed by atoms with Gasteiger partial charge in [-0.15, -0.1) is 0 Å². The van der Waals surface area contributed by atoms with E-state index in [0.29, 0.717) is 31.3 Å². The van der Waals surface area contributed by atoms with Gasteiger partial charge in [-0.1, -0.05) is 35.1 Å². The van der Waals surface area contributed by atoms with Crippen LogP contribution in [0.1, 0.15) is 30.6 Å². The van der Waals surface area contributed by atoms with Crippen LogP contribution < -0.4 is 9.28 Å². The molecule has 0 saturated carbocycles. The van der Waals surface area contributed by atoms with Gasteiger partial charge < -0.3 is 4.74 Å². The Morgan fingerprint density at radius 1 is 1.15 bits per heavy atom. The van der Waals surface area contributed by atoms with Gasteiger partial charge in [-0.2, -0.15) is 0 Å². The van der Waals surface area contributed by atoms with E-state index < -0.39 is 9.84 Å². The Bertz CT molecular complexity index is 1510. The predicted octanol–water partition coefficient (Wildman–Crippen LogP) is 4.38. The van der Waals surface area contributed by atoms with Crippen molar-refractivity contribution >= 4 is 55.3 Å². The zero-order valence-corrected chi connectivity index (χ0v) is 25.5. The van der Waals surface area contributed by atoms with Crippen LogP contribution in [0.2, 0.25) is 5.02 Å². The van der Waals surface area contributed by atoms with E-state index in [0.717, 1.165) is 52.1 Å². The molecule has 1 aliphatic rings. The molecule has 0 unspecified atom stereocenters. The lowest BCUT2D eigenvalue weighted by atomic mass is 10.1. The average molecular weight is 594 g/mol. The number of amides is 1. The van der Waals surface area contributed by atoms with E-state index in [1.165, 1.54) is 0 Å². The maximum Gasteiger partial charge on any atom is 0.321 e. The number of rotatable bonds is 10. The van der Waals surface area contributed by atoms with Crippen molar-refractivity contribution in [2.24, 2.45) is 12.0 Å². The van der Waals surface area contributed by atoms with E-state index in [1.807, 2.05) is 30.8 Å². The molecular weight excluding hydrogens is 556 g/mol. The summed E-state index contributed by atoms with van der Waals surface area (Å²) in [6, 6.07) is 10.4. The molecule has 1 aliphatic heterocycles. The molecule has 0 bridgehead atoms. The van der Waals surface area contributed by atoms with Gasteiger partial charge in [0.2, 0.25) is 5.82 Å². The van der Waals surface area contributed by atoms with Gasteiger partial charge in [-0.3, -0.25) is 14.5 Å². The Morgan fingerprint density at radius 2 is 1.85 bits per heavy atom. The number of methoxy groups -OCH3 is 1. The second-order valence-electron chi connectivity index (χ2n) is 10.2. The second kappa shape index (κ2) is 12.6. The van der Waals surface area contributed by atoms with Crippen LogP contribution in [0.25, 0.3) is 10.8 Å². The summed E-state index contributed by atoms with van der Waals surface area (Å²) < 4.78 is 34.2. The van der Waals surface area contributed by atoms with Gasteiger partial charge in [-0.25, -0.2) is 17.7 Å². The highest BCUT2D eigenvalue weighted by molar-refractivity contribution is 7.91. The zero-order chi connectivity index (χ0) is 28.2. The predicted molar refractivity (Wildman–Crippen MR) is 159 cm³/mol. The Labute approximate surface area is 240 Å². The van der Waals surface area contributed by atoms with Crippen molar-refractivity contribution in [2.75, 3.05) is 53.2 Å². The van der Waals surface area contributed by atoms with E-state index in [1.54, 1.807) is 49.8 Å². The number of nitrogens with zero attached hydrogens (tertiary/aromatic N) is 4. The van der Waals surface area contributed by atoms with E-state index in [2.05, 4.69) is 9.89 Å². The molecule has 8 nitrogen and oxygen atoms in total. The molecule has 0 atom stereocenters. The van der Waals surface area contributed by atoms with Crippen molar-refractivity contribution in [3.05, 3.63) is 51.1 Å². The van der Waals surface area contributed by atoms with Crippen molar-refractivity contribution in [2.45, 2.75) is 37.1 Å². The summed E-state index contributed by atoms with van der Waals surface area (Å²) in [6.07, 6.45) is 2.85. The van der Waals surface area contributed by atoms with Crippen LogP contribution in [0.15, 0.2) is 46.3 Å². The first-order valence-electron chi connectivity index (χ1n) is 13.2. The van der Waals surface area contributed by atoms with Gasteiger partial charge in [0.15, 0.2) is 14.6 Å². The fourth-order valence-electron chi connectivity index (χ4n) is 5.47. The van der Waals surface area contributed by atoms with Crippen molar-refractivity contribution < 1.29 is 17.9 Å². The van der Waals surface area contributed by atoms with Gasteiger partial charge in [0.1, 0.15) is 4.88 Å². The van der Waals surface area contributed by atoms with Gasteiger partial charge >= 0.3 is 5.91 Å². The molecule has 0 radical (unpaired) electrons. The molecule has 3 aromatic rings. The van der Waals surface area contributed by atoms with Crippen LogP contribution in [-0.4, -0.2) is 77.0 Å². The lowest BCUT2D eigenvalue weighted by Crippen LogP contribution is -2.59. The van der Waals surface area contributed by atoms with Gasteiger partial charge in [-0.05, 0) is 61.3 Å². The number of quaternary nitrogens is 1. The number of fused-ring (bicyclic) bond motifs is 1. The number of ether oxygens (including phenoxy) is 1. The minimum atomic E-state index is -3.66. The number of carbonyl (C=O) groups excluding carboxylic acids is 1. The van der Waals surface area contributed by atoms with Crippen molar-refractivity contribution in [3.8, 4) is 0 Å². The summed E-state index contributed by atoms with van der Waals surface area (Å²) in [7, 11) is 3.79. The third-order valence-electron chi connectivity index (χ3n) is 7.53. The van der Waals surface area contributed by atoms with E-state index >= 15 is 0 Å². The Kier molecular flexibility index (Phi) is 9.67. The quantitative estimate of drug-likeness (QED) is 0.326. The first-order valence-corrected chi connectivity index (χ1v) is 16.1. The third kappa shape index (κ3) is 6.47. The molecule has 0 N–H and O–H groups in total. The number of likely N-dealkylation sites (tertiary alicyclic amines) is 1. The maximum atomic E-state index is 14.1. The standard InChI is InChI=1S/C28H38ClN4O4S2/c1-30-28-32(3)27(25(38-28)20-31(2)13-16-37-4)33(14-6-5-7-15-33)26(34)12-17-39(35,36)24-11-9-21-18-23(29)10-8-22(21)19-24/h8-11,18-19H,5-7,12-17,20H2,1-4H3/q+1/b30-28-. The van der Waals surface area contributed by atoms with Crippen molar-refractivity contribution in [3.63, 3.8) is 0 Å². The molecule has 1 fully saturated rings. The second-order valence-corrected chi connectivity index (χ2v) is 13.8. The lowest BCUT2D eigenvalue weighted by molar-refractivity contribution is -0.131. The summed E-state index contributed by atoms with van der Waals surface area (Å²) in [5.41, 5.74) is 0. The molecule has 1 amide bonds. The fraction of sp³-hybridized carbons (Fsp3) is 0.500. The van der Waals surface area contributed by atoms with Crippen molar-refractivity contribution in [1.82, 2.24) is 14.0 Å². The third-order valence-corrected chi connectivity index (χ3v) is 10.7. The van der Waals surface area contributed by atoms with Crippen LogP contribution in [0.3, 0.4) is 0 Å². The van der Waals surface area contributed by atoms with Gasteiger partial charge in [0.05, 0.1) is 36.8 Å². The zero-order valence-electron chi connectivity index (χ0n) is 23.2. The fourth-order valence-corrected chi connectivity index (χ4v) is 8.14. The van der Waals surface area contributed by atoms with E-state index in [9.17, 15) is 13.2 Å². The number of sulfone groups is 1. The van der Waals surface area contributed by atoms with Gasteiger partial charge in [0.25, 0.3) is 0 Å². The summed E-state index contributed by atoms with van der Waals surface area (Å²) in [5, 5.41) is 2.28. The smallest absolute Gasteiger partial charge is 0.321 e. The van der Waals surface area contributed by atoms with Crippen LogP contribution in [-0.2, 0) is 33.0 Å². The summed E-state index contributed by atoms with van der Waals surface area (Å²) in [6.45, 7) is 3.38. The van der Waals surface area contributed by atoms with Crippen molar-refractivity contribution in [1.29, 1.82) is 0 Å². The number of benzene rings is 2. The normalized spacial score (nSPS) is 16.3. The summed E-state index contributed by atoms with van der Waals surface area (Å²) in [5.74, 6) is 0.657. The van der Waals surface area contributed by atoms with Crippen LogP contribution in [0, 0.1) is 0 Å². The topological polar surface area (TPSA) is 81.0 Å². The number of halogens is 1. The molecule has 0 spiro atoms. The molecule has 1 aromatic heterocycles. The highest BCUT2D eigenvalue weighted by Crippen LogP contribution is 2.35. The molecule has 39 heavy (non-hydrogen) atoms. The summed E-state index contributed by atoms with van der Waals surface area (Å²) >= 11 is 7.68. The minimum absolute atomic E-state index is 0.0472. The molecule has 212 valence electrons. The molecule has 2 aromatic carbocycles. The van der Waals surface area contributed by atoms with E-state index in [4.69, 9.17) is 16.3 Å². The van der Waals surface area contributed by atoms with Crippen LogP contribution in [0.4, 0.5) is 5.82 Å². The highest BCUT2D eigenvalue weighted by atomic mass is 35.5. The first kappa shape index (κ1) is 29.9. The van der Waals surface area contributed by atoms with Crippen LogP contribution >= 0.6 is 22.9 Å². The number of hydrogen-bond donors (Lipinski definition) is 0.